The van der Waals surface area contributed by atoms with Crippen LogP contribution in [0, 0.1) is 11.6 Å². The number of carbonyl (C=O) groups is 2. The maximum absolute atomic E-state index is 14.4. The van der Waals surface area contributed by atoms with Crippen molar-refractivity contribution in [2.24, 2.45) is 0 Å². The van der Waals surface area contributed by atoms with Crippen molar-refractivity contribution in [3.8, 4) is 16.9 Å². The minimum Gasteiger partial charge on any atom is -0.496 e. The van der Waals surface area contributed by atoms with Gasteiger partial charge in [-0.3, -0.25) is 4.79 Å². The third kappa shape index (κ3) is 3.82. The fraction of sp³-hybridized carbons (Fsp3) is 0.200. The number of carboxylic acids is 1. The molecular formula is C25H21F2NO4. The number of para-hydroxylation sites is 1. The zero-order valence-corrected chi connectivity index (χ0v) is 17.3. The van der Waals surface area contributed by atoms with Crippen LogP contribution in [0.3, 0.4) is 0 Å². The molecule has 32 heavy (non-hydrogen) atoms. The normalized spacial score (nSPS) is 17.9. The first-order chi connectivity index (χ1) is 15.4. The Morgan fingerprint density at radius 2 is 1.59 bits per heavy atom. The van der Waals surface area contributed by atoms with Gasteiger partial charge in [-0.15, -0.1) is 0 Å². The molecule has 4 rings (SSSR count). The van der Waals surface area contributed by atoms with Crippen molar-refractivity contribution in [2.45, 2.75) is 24.9 Å². The summed E-state index contributed by atoms with van der Waals surface area (Å²) in [5.74, 6) is -2.72. The third-order valence-corrected chi connectivity index (χ3v) is 5.79. The van der Waals surface area contributed by atoms with Crippen molar-refractivity contribution in [2.75, 3.05) is 7.11 Å². The zero-order valence-electron chi connectivity index (χ0n) is 17.3. The lowest BCUT2D eigenvalue weighted by atomic mass is 10.0. The van der Waals surface area contributed by atoms with Crippen molar-refractivity contribution >= 4 is 11.9 Å². The Hall–Kier alpha value is -3.74. The number of carbonyl (C=O) groups excluding carboxylic acids is 1. The van der Waals surface area contributed by atoms with Crippen LogP contribution in [0.15, 0.2) is 66.7 Å². The summed E-state index contributed by atoms with van der Waals surface area (Å²) >= 11 is 0. The summed E-state index contributed by atoms with van der Waals surface area (Å²) in [6, 6.07) is 15.3. The number of likely N-dealkylation sites (tertiary alicyclic amines) is 1. The van der Waals surface area contributed by atoms with Crippen LogP contribution < -0.4 is 4.74 Å². The van der Waals surface area contributed by atoms with Gasteiger partial charge in [-0.05, 0) is 48.7 Å². The number of benzene rings is 3. The molecule has 0 spiro atoms. The number of aliphatic carboxylic acids is 1. The summed E-state index contributed by atoms with van der Waals surface area (Å²) < 4.78 is 34.3. The molecule has 1 amide bonds. The van der Waals surface area contributed by atoms with Gasteiger partial charge in [0, 0.05) is 16.7 Å². The molecule has 1 N–H and O–H groups in total. The number of hydrogen-bond donors (Lipinski definition) is 1. The van der Waals surface area contributed by atoms with Gasteiger partial charge in [0.2, 0.25) is 0 Å². The second kappa shape index (κ2) is 8.78. The second-order valence-electron chi connectivity index (χ2n) is 7.57. The molecule has 7 heteroatoms. The Kier molecular flexibility index (Phi) is 5.90. The zero-order chi connectivity index (χ0) is 22.8. The van der Waals surface area contributed by atoms with Crippen molar-refractivity contribution in [1.82, 2.24) is 4.90 Å². The van der Waals surface area contributed by atoms with E-state index in [4.69, 9.17) is 4.74 Å². The van der Waals surface area contributed by atoms with Crippen LogP contribution in [0.25, 0.3) is 11.1 Å². The van der Waals surface area contributed by atoms with Gasteiger partial charge in [0.25, 0.3) is 5.91 Å². The first-order valence-electron chi connectivity index (χ1n) is 10.1. The number of nitrogens with zero attached hydrogens (tertiary/aromatic N) is 1. The molecule has 2 atom stereocenters. The highest BCUT2D eigenvalue weighted by Gasteiger charge is 2.43. The first kappa shape index (κ1) is 21.5. The molecule has 0 unspecified atom stereocenters. The minimum absolute atomic E-state index is 0.110. The van der Waals surface area contributed by atoms with E-state index in [1.807, 2.05) is 24.3 Å². The summed E-state index contributed by atoms with van der Waals surface area (Å²) in [5.41, 5.74) is 1.60. The Morgan fingerprint density at radius 1 is 0.938 bits per heavy atom. The number of halogens is 2. The number of ether oxygens (including phenoxy) is 1. The van der Waals surface area contributed by atoms with E-state index in [0.717, 1.165) is 28.2 Å². The van der Waals surface area contributed by atoms with Crippen LogP contribution in [-0.4, -0.2) is 35.0 Å². The van der Waals surface area contributed by atoms with E-state index in [2.05, 4.69) is 0 Å². The molecule has 0 radical (unpaired) electrons. The maximum Gasteiger partial charge on any atom is 0.326 e. The van der Waals surface area contributed by atoms with E-state index in [1.165, 1.54) is 6.07 Å². The predicted molar refractivity (Wildman–Crippen MR) is 114 cm³/mol. The van der Waals surface area contributed by atoms with Crippen LogP contribution in [0.1, 0.15) is 34.8 Å². The lowest BCUT2D eigenvalue weighted by Crippen LogP contribution is -2.42. The van der Waals surface area contributed by atoms with Crippen molar-refractivity contribution in [3.05, 3.63) is 89.5 Å². The van der Waals surface area contributed by atoms with E-state index in [0.29, 0.717) is 5.75 Å². The van der Waals surface area contributed by atoms with Gasteiger partial charge in [-0.2, -0.15) is 0 Å². The molecule has 164 valence electrons. The van der Waals surface area contributed by atoms with Gasteiger partial charge in [0.15, 0.2) is 0 Å². The molecule has 5 nitrogen and oxygen atoms in total. The highest BCUT2D eigenvalue weighted by molar-refractivity contribution is 5.97. The maximum atomic E-state index is 14.4. The molecule has 1 aliphatic heterocycles. The molecule has 0 bridgehead atoms. The monoisotopic (exact) mass is 437 g/mol. The molecule has 0 aliphatic carbocycles. The van der Waals surface area contributed by atoms with Crippen LogP contribution in [-0.2, 0) is 4.79 Å². The standard InChI is InChI=1S/C25H21F2NO4/c1-32-22-8-3-2-5-17(22)15-9-11-16(12-10-15)24(29)28-20(13-14-21(28)25(30)31)23-18(26)6-4-7-19(23)27/h2-12,20-21H,13-14H2,1H3,(H,30,31)/t20-,21+/m1/s1. The van der Waals surface area contributed by atoms with Crippen molar-refractivity contribution in [3.63, 3.8) is 0 Å². The van der Waals surface area contributed by atoms with Crippen molar-refractivity contribution in [1.29, 1.82) is 0 Å². The number of methoxy groups -OCH3 is 1. The summed E-state index contributed by atoms with van der Waals surface area (Å²) in [5, 5.41) is 9.64. The molecule has 1 heterocycles. The average Bonchev–Trinajstić information content (AvgIpc) is 3.23. The SMILES string of the molecule is COc1ccccc1-c1ccc(C(=O)N2[C@@H](c3c(F)cccc3F)CC[C@H]2C(=O)O)cc1. The lowest BCUT2D eigenvalue weighted by Gasteiger charge is -2.29. The number of amides is 1. The van der Waals surface area contributed by atoms with Crippen LogP contribution in [0.4, 0.5) is 8.78 Å². The molecule has 1 saturated heterocycles. The smallest absolute Gasteiger partial charge is 0.326 e. The van der Waals surface area contributed by atoms with Crippen LogP contribution >= 0.6 is 0 Å². The van der Waals surface area contributed by atoms with Crippen LogP contribution in [0.2, 0.25) is 0 Å². The van der Waals surface area contributed by atoms with Crippen LogP contribution in [0.5, 0.6) is 5.75 Å². The number of carboxylic acid groups (broad SMARTS) is 1. The van der Waals surface area contributed by atoms with E-state index >= 15 is 0 Å². The summed E-state index contributed by atoms with van der Waals surface area (Å²) in [6.07, 6.45) is 0.263. The van der Waals surface area contributed by atoms with Gasteiger partial charge in [0.1, 0.15) is 23.4 Å². The molecule has 3 aromatic carbocycles. The van der Waals surface area contributed by atoms with E-state index in [1.54, 1.807) is 31.4 Å². The van der Waals surface area contributed by atoms with Gasteiger partial charge >= 0.3 is 5.97 Å². The quantitative estimate of drug-likeness (QED) is 0.605. The lowest BCUT2D eigenvalue weighted by molar-refractivity contribution is -0.141. The van der Waals surface area contributed by atoms with Gasteiger partial charge in [0.05, 0.1) is 13.2 Å². The van der Waals surface area contributed by atoms with E-state index in [9.17, 15) is 23.5 Å². The molecule has 0 saturated carbocycles. The fourth-order valence-electron chi connectivity index (χ4n) is 4.27. The Morgan fingerprint density at radius 3 is 2.22 bits per heavy atom. The Labute approximate surface area is 183 Å². The number of hydrogen-bond acceptors (Lipinski definition) is 3. The number of rotatable bonds is 5. The van der Waals surface area contributed by atoms with Gasteiger partial charge < -0.3 is 14.7 Å². The van der Waals surface area contributed by atoms with Crippen molar-refractivity contribution < 1.29 is 28.2 Å². The Bertz CT molecular complexity index is 1140. The minimum atomic E-state index is -1.21. The average molecular weight is 437 g/mol. The first-order valence-corrected chi connectivity index (χ1v) is 10.1. The highest BCUT2D eigenvalue weighted by Crippen LogP contribution is 2.40. The largest absolute Gasteiger partial charge is 0.496 e. The van der Waals surface area contributed by atoms with Gasteiger partial charge in [-0.1, -0.05) is 36.4 Å². The topological polar surface area (TPSA) is 66.8 Å². The predicted octanol–water partition coefficient (Wildman–Crippen LogP) is 5.07. The molecule has 1 aliphatic rings. The molecule has 3 aromatic rings. The van der Waals surface area contributed by atoms with E-state index < -0.39 is 35.6 Å². The summed E-state index contributed by atoms with van der Waals surface area (Å²) in [4.78, 5) is 26.2. The summed E-state index contributed by atoms with van der Waals surface area (Å²) in [7, 11) is 1.57. The second-order valence-corrected chi connectivity index (χ2v) is 7.57. The highest BCUT2D eigenvalue weighted by atomic mass is 19.1. The molecule has 0 aromatic heterocycles. The Balaban J connectivity index is 1.70. The summed E-state index contributed by atoms with van der Waals surface area (Å²) in [6.45, 7) is 0. The fourth-order valence-corrected chi connectivity index (χ4v) is 4.27. The third-order valence-electron chi connectivity index (χ3n) is 5.79. The van der Waals surface area contributed by atoms with E-state index in [-0.39, 0.29) is 24.0 Å². The molecular weight excluding hydrogens is 416 g/mol. The molecule has 1 fully saturated rings. The van der Waals surface area contributed by atoms with Gasteiger partial charge in [-0.25, -0.2) is 13.6 Å².